The van der Waals surface area contributed by atoms with Gasteiger partial charge in [-0.05, 0) is 11.6 Å². The zero-order valence-corrected chi connectivity index (χ0v) is 4.79. The van der Waals surface area contributed by atoms with Crippen molar-refractivity contribution in [1.29, 1.82) is 0 Å². The van der Waals surface area contributed by atoms with Gasteiger partial charge < -0.3 is 0 Å². The summed E-state index contributed by atoms with van der Waals surface area (Å²) < 4.78 is 0. The molecular weight excluding hydrogens is 104 g/mol. The first-order valence-corrected chi connectivity index (χ1v) is 3.31. The Morgan fingerprint density at radius 2 is 2.43 bits per heavy atom. The highest BCUT2D eigenvalue weighted by Gasteiger charge is 2.05. The minimum absolute atomic E-state index is 1.16. The highest BCUT2D eigenvalue weighted by atomic mass is 32.2. The molecule has 0 aromatic carbocycles. The molecule has 7 heavy (non-hydrogen) atoms. The van der Waals surface area contributed by atoms with Crippen molar-refractivity contribution in [3.63, 3.8) is 0 Å². The van der Waals surface area contributed by atoms with Gasteiger partial charge in [-0.15, -0.1) is 6.42 Å². The minimum Gasteiger partial charge on any atom is -0.153 e. The van der Waals surface area contributed by atoms with Crippen LogP contribution in [0.5, 0.6) is 0 Å². The van der Waals surface area contributed by atoms with Crippen LogP contribution in [0.3, 0.4) is 0 Å². The predicted octanol–water partition coefficient (Wildman–Crippen LogP) is 1.29. The van der Waals surface area contributed by atoms with Gasteiger partial charge in [0.2, 0.25) is 0 Å². The number of hydrogen-bond acceptors (Lipinski definition) is 1. The Morgan fingerprint density at radius 1 is 1.71 bits per heavy atom. The first-order chi connectivity index (χ1) is 3.43. The second-order valence-electron chi connectivity index (χ2n) is 1.46. The zero-order valence-electron chi connectivity index (χ0n) is 3.98. The molecule has 1 heterocycles. The minimum atomic E-state index is 1.16. The van der Waals surface area contributed by atoms with Crippen molar-refractivity contribution in [2.75, 3.05) is 11.5 Å². The van der Waals surface area contributed by atoms with Crippen molar-refractivity contribution >= 4 is 11.8 Å². The first kappa shape index (κ1) is 4.80. The molecule has 0 N–H and O–H groups in total. The molecule has 1 aliphatic rings. The third-order valence-corrected chi connectivity index (χ3v) is 2.01. The quantitative estimate of drug-likeness (QED) is 0.423. The molecule has 0 aromatic heterocycles. The molecule has 0 saturated carbocycles. The third kappa shape index (κ3) is 1.01. The van der Waals surface area contributed by atoms with E-state index in [1.54, 1.807) is 0 Å². The van der Waals surface area contributed by atoms with Crippen molar-refractivity contribution in [3.8, 4) is 12.3 Å². The summed E-state index contributed by atoms with van der Waals surface area (Å²) in [6.07, 6.45) is 6.86. The van der Waals surface area contributed by atoms with E-state index < -0.39 is 0 Å². The molecule has 0 atom stereocenters. The lowest BCUT2D eigenvalue weighted by Crippen LogP contribution is -2.02. The third-order valence-electron chi connectivity index (χ3n) is 0.862. The highest BCUT2D eigenvalue weighted by Crippen LogP contribution is 2.22. The molecule has 0 aromatic rings. The zero-order chi connectivity index (χ0) is 5.11. The van der Waals surface area contributed by atoms with E-state index in [4.69, 9.17) is 6.42 Å². The van der Waals surface area contributed by atoms with Crippen LogP contribution in [0.4, 0.5) is 0 Å². The molecule has 0 unspecified atom stereocenters. The van der Waals surface area contributed by atoms with Crippen LogP contribution in [0.25, 0.3) is 0 Å². The lowest BCUT2D eigenvalue weighted by atomic mass is 10.3. The van der Waals surface area contributed by atoms with Crippen LogP contribution in [-0.4, -0.2) is 11.5 Å². The van der Waals surface area contributed by atoms with E-state index in [0.717, 1.165) is 11.5 Å². The summed E-state index contributed by atoms with van der Waals surface area (Å²) in [4.78, 5) is 0. The van der Waals surface area contributed by atoms with Gasteiger partial charge >= 0.3 is 0 Å². The number of hydrogen-bond donors (Lipinski definition) is 0. The molecule has 1 heteroatoms. The predicted molar refractivity (Wildman–Crippen MR) is 34.2 cm³/mol. The Balaban J connectivity index is 2.41. The molecule has 1 fully saturated rings. The SMILES string of the molecule is C#CC=C1CSC1. The Labute approximate surface area is 48.0 Å². The van der Waals surface area contributed by atoms with Gasteiger partial charge in [-0.1, -0.05) is 5.92 Å². The fourth-order valence-electron chi connectivity index (χ4n) is 0.421. The summed E-state index contributed by atoms with van der Waals surface area (Å²) in [5, 5.41) is 0. The number of allylic oxidation sites excluding steroid dienone is 1. The van der Waals surface area contributed by atoms with Crippen LogP contribution in [0.2, 0.25) is 0 Å². The average molecular weight is 110 g/mol. The molecule has 0 bridgehead atoms. The topological polar surface area (TPSA) is 0 Å². The fourth-order valence-corrected chi connectivity index (χ4v) is 1.03. The number of terminal acetylenes is 1. The van der Waals surface area contributed by atoms with Crippen molar-refractivity contribution in [2.45, 2.75) is 0 Å². The van der Waals surface area contributed by atoms with E-state index in [-0.39, 0.29) is 0 Å². The van der Waals surface area contributed by atoms with Crippen LogP contribution in [0.15, 0.2) is 11.6 Å². The molecule has 1 aliphatic heterocycles. The van der Waals surface area contributed by atoms with E-state index in [1.165, 1.54) is 5.57 Å². The van der Waals surface area contributed by atoms with Crippen molar-refractivity contribution in [1.82, 2.24) is 0 Å². The molecule has 1 rings (SSSR count). The number of rotatable bonds is 0. The molecule has 0 aliphatic carbocycles. The second-order valence-corrected chi connectivity index (χ2v) is 2.45. The van der Waals surface area contributed by atoms with E-state index in [1.807, 2.05) is 17.8 Å². The Hall–Kier alpha value is -0.350. The van der Waals surface area contributed by atoms with Crippen LogP contribution in [0, 0.1) is 12.3 Å². The van der Waals surface area contributed by atoms with E-state index in [0.29, 0.717) is 0 Å². The Bertz CT molecular complexity index is 122. The van der Waals surface area contributed by atoms with Crippen molar-refractivity contribution in [3.05, 3.63) is 11.6 Å². The van der Waals surface area contributed by atoms with E-state index in [9.17, 15) is 0 Å². The van der Waals surface area contributed by atoms with Gasteiger partial charge in [0, 0.05) is 11.5 Å². The molecule has 0 radical (unpaired) electrons. The normalized spacial score (nSPS) is 17.3. The smallest absolute Gasteiger partial charge is 0.0164 e. The largest absolute Gasteiger partial charge is 0.153 e. The van der Waals surface area contributed by atoms with Gasteiger partial charge in [-0.25, -0.2) is 0 Å². The van der Waals surface area contributed by atoms with Crippen molar-refractivity contribution < 1.29 is 0 Å². The highest BCUT2D eigenvalue weighted by molar-refractivity contribution is 8.01. The summed E-state index contributed by atoms with van der Waals surface area (Å²) in [6.45, 7) is 0. The Morgan fingerprint density at radius 3 is 2.57 bits per heavy atom. The van der Waals surface area contributed by atoms with Crippen LogP contribution < -0.4 is 0 Å². The molecular formula is C6H6S. The van der Waals surface area contributed by atoms with Crippen LogP contribution in [0.1, 0.15) is 0 Å². The standard InChI is InChI=1S/C6H6S/c1-2-3-6-4-7-5-6/h1,3H,4-5H2. The molecule has 1 saturated heterocycles. The lowest BCUT2D eigenvalue weighted by Gasteiger charge is -2.13. The molecule has 0 amide bonds. The molecule has 0 nitrogen and oxygen atoms in total. The Kier molecular flexibility index (Phi) is 1.43. The summed E-state index contributed by atoms with van der Waals surface area (Å²) >= 11 is 1.92. The van der Waals surface area contributed by atoms with Gasteiger partial charge in [0.25, 0.3) is 0 Å². The summed E-state index contributed by atoms with van der Waals surface area (Å²) in [7, 11) is 0. The summed E-state index contributed by atoms with van der Waals surface area (Å²) in [5.41, 5.74) is 1.41. The average Bonchev–Trinajstić information content (AvgIpc) is 1.55. The van der Waals surface area contributed by atoms with E-state index >= 15 is 0 Å². The van der Waals surface area contributed by atoms with Gasteiger partial charge in [0.1, 0.15) is 0 Å². The van der Waals surface area contributed by atoms with Gasteiger partial charge in [-0.3, -0.25) is 0 Å². The van der Waals surface area contributed by atoms with E-state index in [2.05, 4.69) is 5.92 Å². The summed E-state index contributed by atoms with van der Waals surface area (Å²) in [5.74, 6) is 4.81. The monoisotopic (exact) mass is 110 g/mol. The maximum absolute atomic E-state index is 5.00. The maximum Gasteiger partial charge on any atom is 0.0164 e. The number of thioether (sulfide) groups is 1. The lowest BCUT2D eigenvalue weighted by molar-refractivity contribution is 1.36. The van der Waals surface area contributed by atoms with Gasteiger partial charge in [0.05, 0.1) is 0 Å². The van der Waals surface area contributed by atoms with Crippen LogP contribution >= 0.6 is 11.8 Å². The molecule has 36 valence electrons. The van der Waals surface area contributed by atoms with Gasteiger partial charge in [0.15, 0.2) is 0 Å². The first-order valence-electron chi connectivity index (χ1n) is 2.15. The second kappa shape index (κ2) is 2.09. The summed E-state index contributed by atoms with van der Waals surface area (Å²) in [6, 6.07) is 0. The van der Waals surface area contributed by atoms with Gasteiger partial charge in [-0.2, -0.15) is 11.8 Å². The van der Waals surface area contributed by atoms with Crippen LogP contribution in [-0.2, 0) is 0 Å². The van der Waals surface area contributed by atoms with Crippen molar-refractivity contribution in [2.24, 2.45) is 0 Å². The maximum atomic E-state index is 5.00. The molecule has 0 spiro atoms. The fraction of sp³-hybridized carbons (Fsp3) is 0.333.